The van der Waals surface area contributed by atoms with Crippen LogP contribution in [0.25, 0.3) is 0 Å². The lowest BCUT2D eigenvalue weighted by molar-refractivity contribution is 0.0745. The molecule has 3 nitrogen and oxygen atoms in total. The van der Waals surface area contributed by atoms with Gasteiger partial charge in [-0.25, -0.2) is 0 Å². The summed E-state index contributed by atoms with van der Waals surface area (Å²) in [6.45, 7) is 9.17. The lowest BCUT2D eigenvalue weighted by Crippen LogP contribution is -2.38. The summed E-state index contributed by atoms with van der Waals surface area (Å²) in [5.41, 5.74) is 2.96. The molecular formula is C13H19NO2. The van der Waals surface area contributed by atoms with Gasteiger partial charge in [0.05, 0.1) is 11.6 Å². The zero-order valence-electron chi connectivity index (χ0n) is 10.4. The maximum Gasteiger partial charge on any atom is 0.151 e. The molecule has 2 heterocycles. The van der Waals surface area contributed by atoms with Gasteiger partial charge < -0.3 is 9.30 Å². The minimum absolute atomic E-state index is 0.0184. The maximum atomic E-state index is 10.9. The van der Waals surface area contributed by atoms with E-state index >= 15 is 0 Å². The molecule has 0 amide bonds. The van der Waals surface area contributed by atoms with Gasteiger partial charge in [0.1, 0.15) is 0 Å². The summed E-state index contributed by atoms with van der Waals surface area (Å²) in [5.74, 6) is 0. The fraction of sp³-hybridized carbons (Fsp3) is 0.615. The predicted molar refractivity (Wildman–Crippen MR) is 63.0 cm³/mol. The highest BCUT2D eigenvalue weighted by Gasteiger charge is 2.40. The van der Waals surface area contributed by atoms with Gasteiger partial charge in [0, 0.05) is 23.6 Å². The molecule has 16 heavy (non-hydrogen) atoms. The number of aromatic nitrogens is 1. The van der Waals surface area contributed by atoms with Gasteiger partial charge in [-0.2, -0.15) is 0 Å². The van der Waals surface area contributed by atoms with Gasteiger partial charge in [-0.15, -0.1) is 0 Å². The van der Waals surface area contributed by atoms with Crippen molar-refractivity contribution in [3.63, 3.8) is 0 Å². The molecule has 0 bridgehead atoms. The standard InChI is InChI=1S/C13H19NO2/c1-9-7-12(8-15)10(2)14(9)13(4)5-6-16-11(13)3/h7-8,11H,5-6H2,1-4H3. The molecule has 1 saturated heterocycles. The number of nitrogens with zero attached hydrogens (tertiary/aromatic N) is 1. The van der Waals surface area contributed by atoms with Gasteiger partial charge in [0.2, 0.25) is 0 Å². The van der Waals surface area contributed by atoms with E-state index in [0.29, 0.717) is 0 Å². The van der Waals surface area contributed by atoms with Crippen LogP contribution in [0.1, 0.15) is 42.0 Å². The molecule has 88 valence electrons. The number of aldehydes is 1. The second-order valence-electron chi connectivity index (χ2n) is 4.90. The van der Waals surface area contributed by atoms with E-state index in [4.69, 9.17) is 4.74 Å². The van der Waals surface area contributed by atoms with Crippen LogP contribution in [0.3, 0.4) is 0 Å². The van der Waals surface area contributed by atoms with Gasteiger partial charge in [0.25, 0.3) is 0 Å². The van der Waals surface area contributed by atoms with Gasteiger partial charge in [-0.3, -0.25) is 4.79 Å². The molecule has 0 aromatic carbocycles. The number of carbonyl (C=O) groups excluding carboxylic acids is 1. The first-order chi connectivity index (χ1) is 7.50. The SMILES string of the molecule is Cc1cc(C=O)c(C)n1C1(C)CCOC1C. The second kappa shape index (κ2) is 3.74. The van der Waals surface area contributed by atoms with Crippen LogP contribution in [0.2, 0.25) is 0 Å². The fourth-order valence-electron chi connectivity index (χ4n) is 2.81. The molecule has 1 fully saturated rings. The number of carbonyl (C=O) groups is 1. The highest BCUT2D eigenvalue weighted by molar-refractivity contribution is 5.77. The molecule has 0 spiro atoms. The lowest BCUT2D eigenvalue weighted by atomic mass is 9.93. The van der Waals surface area contributed by atoms with Crippen molar-refractivity contribution < 1.29 is 9.53 Å². The van der Waals surface area contributed by atoms with Crippen molar-refractivity contribution in [2.75, 3.05) is 6.61 Å². The smallest absolute Gasteiger partial charge is 0.151 e. The third-order valence-electron chi connectivity index (χ3n) is 3.96. The van der Waals surface area contributed by atoms with Crippen molar-refractivity contribution in [1.29, 1.82) is 0 Å². The summed E-state index contributed by atoms with van der Waals surface area (Å²) in [6, 6.07) is 1.96. The Balaban J connectivity index is 2.55. The second-order valence-corrected chi connectivity index (χ2v) is 4.90. The van der Waals surface area contributed by atoms with E-state index in [1.807, 2.05) is 13.0 Å². The van der Waals surface area contributed by atoms with Crippen LogP contribution in [-0.4, -0.2) is 23.6 Å². The normalized spacial score (nSPS) is 29.6. The zero-order chi connectivity index (χ0) is 11.9. The first kappa shape index (κ1) is 11.4. The van der Waals surface area contributed by atoms with Crippen molar-refractivity contribution in [2.45, 2.75) is 45.8 Å². The Bertz CT molecular complexity index is 422. The molecule has 1 aliphatic heterocycles. The van der Waals surface area contributed by atoms with E-state index < -0.39 is 0 Å². The summed E-state index contributed by atoms with van der Waals surface area (Å²) in [6.07, 6.45) is 2.13. The minimum Gasteiger partial charge on any atom is -0.376 e. The number of ether oxygens (including phenoxy) is 1. The Labute approximate surface area is 96.4 Å². The molecule has 2 atom stereocenters. The number of hydrogen-bond donors (Lipinski definition) is 0. The average Bonchev–Trinajstić information content (AvgIpc) is 2.70. The highest BCUT2D eigenvalue weighted by Crippen LogP contribution is 2.36. The summed E-state index contributed by atoms with van der Waals surface area (Å²) in [5, 5.41) is 0. The lowest BCUT2D eigenvalue weighted by Gasteiger charge is -2.33. The van der Waals surface area contributed by atoms with Crippen molar-refractivity contribution in [3.8, 4) is 0 Å². The Kier molecular flexibility index (Phi) is 2.66. The van der Waals surface area contributed by atoms with Crippen molar-refractivity contribution in [1.82, 2.24) is 4.57 Å². The zero-order valence-corrected chi connectivity index (χ0v) is 10.4. The van der Waals surface area contributed by atoms with Gasteiger partial charge in [0.15, 0.2) is 6.29 Å². The molecule has 3 heteroatoms. The van der Waals surface area contributed by atoms with E-state index in [0.717, 1.165) is 36.3 Å². The van der Waals surface area contributed by atoms with E-state index in [1.165, 1.54) is 0 Å². The summed E-state index contributed by atoms with van der Waals surface area (Å²) in [7, 11) is 0. The Morgan fingerprint density at radius 1 is 1.56 bits per heavy atom. The van der Waals surface area contributed by atoms with E-state index in [2.05, 4.69) is 25.3 Å². The average molecular weight is 221 g/mol. The minimum atomic E-state index is -0.0184. The molecule has 1 aliphatic rings. The van der Waals surface area contributed by atoms with E-state index in [1.54, 1.807) is 0 Å². The van der Waals surface area contributed by atoms with Crippen LogP contribution in [0.4, 0.5) is 0 Å². The molecular weight excluding hydrogens is 202 g/mol. The third kappa shape index (κ3) is 1.42. The number of hydrogen-bond acceptors (Lipinski definition) is 2. The van der Waals surface area contributed by atoms with Gasteiger partial charge in [-0.05, 0) is 40.2 Å². The molecule has 2 unspecified atom stereocenters. The van der Waals surface area contributed by atoms with Crippen LogP contribution in [-0.2, 0) is 10.3 Å². The van der Waals surface area contributed by atoms with Crippen molar-refractivity contribution in [2.24, 2.45) is 0 Å². The van der Waals surface area contributed by atoms with E-state index in [9.17, 15) is 4.79 Å². The molecule has 1 aromatic rings. The first-order valence-corrected chi connectivity index (χ1v) is 5.77. The highest BCUT2D eigenvalue weighted by atomic mass is 16.5. The largest absolute Gasteiger partial charge is 0.376 e. The Hall–Kier alpha value is -1.09. The molecule has 0 radical (unpaired) electrons. The van der Waals surface area contributed by atoms with Crippen molar-refractivity contribution >= 4 is 6.29 Å². The number of aryl methyl sites for hydroxylation is 1. The van der Waals surface area contributed by atoms with Crippen LogP contribution in [0.5, 0.6) is 0 Å². The van der Waals surface area contributed by atoms with E-state index in [-0.39, 0.29) is 11.6 Å². The molecule has 1 aromatic heterocycles. The van der Waals surface area contributed by atoms with Crippen LogP contribution in [0.15, 0.2) is 6.07 Å². The maximum absolute atomic E-state index is 10.9. The van der Waals surface area contributed by atoms with Crippen LogP contribution >= 0.6 is 0 Å². The number of rotatable bonds is 2. The predicted octanol–water partition coefficient (Wildman–Crippen LogP) is 2.44. The van der Waals surface area contributed by atoms with Crippen LogP contribution in [0, 0.1) is 13.8 Å². The summed E-state index contributed by atoms with van der Waals surface area (Å²) in [4.78, 5) is 10.9. The molecule has 0 aliphatic carbocycles. The topological polar surface area (TPSA) is 31.2 Å². The first-order valence-electron chi connectivity index (χ1n) is 5.77. The van der Waals surface area contributed by atoms with Gasteiger partial charge >= 0.3 is 0 Å². The monoisotopic (exact) mass is 221 g/mol. The Morgan fingerprint density at radius 2 is 2.25 bits per heavy atom. The molecule has 0 N–H and O–H groups in total. The molecule has 2 rings (SSSR count). The molecule has 0 saturated carbocycles. The van der Waals surface area contributed by atoms with Crippen LogP contribution < -0.4 is 0 Å². The van der Waals surface area contributed by atoms with Crippen molar-refractivity contribution in [3.05, 3.63) is 23.0 Å². The summed E-state index contributed by atoms with van der Waals surface area (Å²) < 4.78 is 7.92. The summed E-state index contributed by atoms with van der Waals surface area (Å²) >= 11 is 0. The fourth-order valence-corrected chi connectivity index (χ4v) is 2.81. The quantitative estimate of drug-likeness (QED) is 0.718. The van der Waals surface area contributed by atoms with Gasteiger partial charge in [-0.1, -0.05) is 0 Å². The third-order valence-corrected chi connectivity index (χ3v) is 3.96. The Morgan fingerprint density at radius 3 is 2.69 bits per heavy atom.